The molecule has 72 valence electrons. The van der Waals surface area contributed by atoms with E-state index in [9.17, 15) is 0 Å². The minimum absolute atomic E-state index is 0.647. The number of nitrogens with one attached hydrogen (secondary N) is 1. The summed E-state index contributed by atoms with van der Waals surface area (Å²) >= 11 is 0. The number of hydrogen-bond acceptors (Lipinski definition) is 1. The molecule has 0 rings (SSSR count). The predicted octanol–water partition coefficient (Wildman–Crippen LogP) is 3.12. The molecule has 1 heteroatoms. The first kappa shape index (κ1) is 11.7. The monoisotopic (exact) mass is 169 g/mol. The van der Waals surface area contributed by atoms with E-state index in [1.165, 1.54) is 31.3 Å². The third-order valence-corrected chi connectivity index (χ3v) is 1.99. The van der Waals surface area contributed by atoms with E-state index in [-0.39, 0.29) is 0 Å². The first-order valence-corrected chi connectivity index (χ1v) is 5.04. The Kier molecular flexibility index (Phi) is 7.17. The van der Waals surface area contributed by atoms with Gasteiger partial charge in [0.05, 0.1) is 0 Å². The second kappa shape index (κ2) is 7.35. The van der Waals surface area contributed by atoms with Crippen LogP contribution in [0.25, 0.3) is 0 Å². The van der Waals surface area contributed by atoms with Gasteiger partial charge < -0.3 is 5.32 Å². The molecule has 0 aromatic heterocycles. The molecule has 0 aliphatic heterocycles. The van der Waals surface area contributed by atoms with Crippen molar-refractivity contribution in [3.05, 3.63) is 12.2 Å². The largest absolute Gasteiger partial charge is 0.311 e. The van der Waals surface area contributed by atoms with Crippen molar-refractivity contribution < 1.29 is 0 Å². The second-order valence-corrected chi connectivity index (χ2v) is 3.73. The van der Waals surface area contributed by atoms with Crippen LogP contribution < -0.4 is 5.32 Å². The van der Waals surface area contributed by atoms with Crippen molar-refractivity contribution in [1.82, 2.24) is 5.32 Å². The fourth-order valence-corrected chi connectivity index (χ4v) is 1.15. The fraction of sp³-hybridized carbons (Fsp3) is 0.818. The Labute approximate surface area is 77.2 Å². The summed E-state index contributed by atoms with van der Waals surface area (Å²) in [6.45, 7) is 11.4. The molecule has 1 nitrogen and oxygen atoms in total. The Balaban J connectivity index is 3.21. The van der Waals surface area contributed by atoms with Crippen LogP contribution in [0.1, 0.15) is 46.5 Å². The molecule has 0 aromatic carbocycles. The SMILES string of the molecule is C=C(C)CNC(C)CCCCC. The maximum Gasteiger partial charge on any atom is 0.0161 e. The van der Waals surface area contributed by atoms with Crippen molar-refractivity contribution in [2.75, 3.05) is 6.54 Å². The zero-order chi connectivity index (χ0) is 9.40. The highest BCUT2D eigenvalue weighted by Gasteiger charge is 1.99. The molecule has 1 N–H and O–H groups in total. The minimum Gasteiger partial charge on any atom is -0.311 e. The molecule has 0 aliphatic rings. The van der Waals surface area contributed by atoms with Crippen LogP contribution in [0.15, 0.2) is 12.2 Å². The summed E-state index contributed by atoms with van der Waals surface area (Å²) in [4.78, 5) is 0. The molecular formula is C11H23N. The lowest BCUT2D eigenvalue weighted by Crippen LogP contribution is -2.27. The molecule has 0 spiro atoms. The molecule has 12 heavy (non-hydrogen) atoms. The van der Waals surface area contributed by atoms with E-state index >= 15 is 0 Å². The van der Waals surface area contributed by atoms with E-state index < -0.39 is 0 Å². The molecule has 1 atom stereocenters. The van der Waals surface area contributed by atoms with E-state index in [0.717, 1.165) is 6.54 Å². The van der Waals surface area contributed by atoms with Gasteiger partial charge in [-0.15, -0.1) is 0 Å². The quantitative estimate of drug-likeness (QED) is 0.456. The summed E-state index contributed by atoms with van der Waals surface area (Å²) in [6.07, 6.45) is 5.31. The smallest absolute Gasteiger partial charge is 0.0161 e. The normalized spacial score (nSPS) is 12.9. The van der Waals surface area contributed by atoms with Crippen molar-refractivity contribution in [2.45, 2.75) is 52.5 Å². The Hall–Kier alpha value is -0.300. The van der Waals surface area contributed by atoms with Gasteiger partial charge in [0, 0.05) is 12.6 Å². The summed E-state index contributed by atoms with van der Waals surface area (Å²) in [6, 6.07) is 0.647. The zero-order valence-electron chi connectivity index (χ0n) is 8.82. The number of hydrogen-bond donors (Lipinski definition) is 1. The predicted molar refractivity (Wildman–Crippen MR) is 56.4 cm³/mol. The first-order chi connectivity index (χ1) is 5.66. The molecule has 0 fully saturated rings. The van der Waals surface area contributed by atoms with Crippen LogP contribution >= 0.6 is 0 Å². The Bertz CT molecular complexity index is 118. The molecular weight excluding hydrogens is 146 g/mol. The average Bonchev–Trinajstić information content (AvgIpc) is 2.01. The van der Waals surface area contributed by atoms with Crippen molar-refractivity contribution in [1.29, 1.82) is 0 Å². The zero-order valence-corrected chi connectivity index (χ0v) is 8.82. The minimum atomic E-state index is 0.647. The Morgan fingerprint density at radius 2 is 2.08 bits per heavy atom. The molecule has 0 radical (unpaired) electrons. The van der Waals surface area contributed by atoms with Crippen LogP contribution in [0, 0.1) is 0 Å². The maximum absolute atomic E-state index is 3.86. The molecule has 0 heterocycles. The summed E-state index contributed by atoms with van der Waals surface area (Å²) in [5.74, 6) is 0. The lowest BCUT2D eigenvalue weighted by Gasteiger charge is -2.12. The average molecular weight is 169 g/mol. The summed E-state index contributed by atoms with van der Waals surface area (Å²) < 4.78 is 0. The second-order valence-electron chi connectivity index (χ2n) is 3.73. The third kappa shape index (κ3) is 7.80. The van der Waals surface area contributed by atoms with Crippen molar-refractivity contribution in [3.63, 3.8) is 0 Å². The van der Waals surface area contributed by atoms with E-state index in [0.29, 0.717) is 6.04 Å². The summed E-state index contributed by atoms with van der Waals surface area (Å²) in [5, 5.41) is 3.44. The molecule has 0 saturated carbocycles. The van der Waals surface area contributed by atoms with Crippen molar-refractivity contribution in [2.24, 2.45) is 0 Å². The van der Waals surface area contributed by atoms with Gasteiger partial charge in [-0.3, -0.25) is 0 Å². The lowest BCUT2D eigenvalue weighted by molar-refractivity contribution is 0.505. The molecule has 1 unspecified atom stereocenters. The molecule has 0 aliphatic carbocycles. The highest BCUT2D eigenvalue weighted by Crippen LogP contribution is 2.02. The van der Waals surface area contributed by atoms with Crippen LogP contribution in [0.4, 0.5) is 0 Å². The van der Waals surface area contributed by atoms with Gasteiger partial charge in [-0.2, -0.15) is 0 Å². The van der Waals surface area contributed by atoms with Gasteiger partial charge in [0.2, 0.25) is 0 Å². The highest BCUT2D eigenvalue weighted by molar-refractivity contribution is 4.91. The van der Waals surface area contributed by atoms with E-state index in [4.69, 9.17) is 0 Å². The molecule has 0 bridgehead atoms. The van der Waals surface area contributed by atoms with Crippen LogP contribution in [0.5, 0.6) is 0 Å². The van der Waals surface area contributed by atoms with Crippen LogP contribution in [0.3, 0.4) is 0 Å². The lowest BCUT2D eigenvalue weighted by atomic mass is 10.1. The standard InChI is InChI=1S/C11H23N/c1-5-6-7-8-11(4)12-9-10(2)3/h11-12H,2,5-9H2,1,3-4H3. The van der Waals surface area contributed by atoms with E-state index in [1.54, 1.807) is 0 Å². The van der Waals surface area contributed by atoms with Gasteiger partial charge in [-0.1, -0.05) is 38.3 Å². The van der Waals surface area contributed by atoms with Gasteiger partial charge in [0.15, 0.2) is 0 Å². The third-order valence-electron chi connectivity index (χ3n) is 1.99. The maximum atomic E-state index is 3.86. The van der Waals surface area contributed by atoms with Crippen LogP contribution in [-0.4, -0.2) is 12.6 Å². The number of rotatable bonds is 7. The first-order valence-electron chi connectivity index (χ1n) is 5.04. The van der Waals surface area contributed by atoms with Crippen LogP contribution in [-0.2, 0) is 0 Å². The van der Waals surface area contributed by atoms with Crippen molar-refractivity contribution >= 4 is 0 Å². The van der Waals surface area contributed by atoms with Crippen LogP contribution in [0.2, 0.25) is 0 Å². The van der Waals surface area contributed by atoms with E-state index in [1.807, 2.05) is 0 Å². The molecule has 0 amide bonds. The van der Waals surface area contributed by atoms with Gasteiger partial charge in [-0.25, -0.2) is 0 Å². The van der Waals surface area contributed by atoms with Crippen molar-refractivity contribution in [3.8, 4) is 0 Å². The van der Waals surface area contributed by atoms with Gasteiger partial charge in [0.1, 0.15) is 0 Å². The van der Waals surface area contributed by atoms with Gasteiger partial charge in [0.25, 0.3) is 0 Å². The van der Waals surface area contributed by atoms with Gasteiger partial charge in [-0.05, 0) is 20.3 Å². The van der Waals surface area contributed by atoms with E-state index in [2.05, 4.69) is 32.7 Å². The fourth-order valence-electron chi connectivity index (χ4n) is 1.15. The Morgan fingerprint density at radius 3 is 2.58 bits per heavy atom. The highest BCUT2D eigenvalue weighted by atomic mass is 14.9. The summed E-state index contributed by atoms with van der Waals surface area (Å²) in [5.41, 5.74) is 1.22. The van der Waals surface area contributed by atoms with Gasteiger partial charge >= 0.3 is 0 Å². The number of unbranched alkanes of at least 4 members (excludes halogenated alkanes) is 2. The Morgan fingerprint density at radius 1 is 1.42 bits per heavy atom. The topological polar surface area (TPSA) is 12.0 Å². The summed E-state index contributed by atoms with van der Waals surface area (Å²) in [7, 11) is 0. The molecule has 0 saturated heterocycles. The molecule has 0 aromatic rings.